The molecule has 9 heteroatoms. The van der Waals surface area contributed by atoms with Gasteiger partial charge < -0.3 is 19.7 Å². The Morgan fingerprint density at radius 2 is 1.81 bits per heavy atom. The molecule has 1 aromatic carbocycles. The summed E-state index contributed by atoms with van der Waals surface area (Å²) in [5.41, 5.74) is 4.58. The Hall–Kier alpha value is -3.46. The topological polar surface area (TPSA) is 102 Å². The van der Waals surface area contributed by atoms with E-state index in [0.29, 0.717) is 11.7 Å². The van der Waals surface area contributed by atoms with Crippen molar-refractivity contribution in [3.05, 3.63) is 53.9 Å². The maximum absolute atomic E-state index is 7.00. The first-order valence-electron chi connectivity index (χ1n) is 9.90. The van der Waals surface area contributed by atoms with Crippen LogP contribution in [0.25, 0.3) is 11.5 Å². The number of rotatable bonds is 4. The van der Waals surface area contributed by atoms with Crippen molar-refractivity contribution in [1.29, 1.82) is 0 Å². The maximum Gasteiger partial charge on any atom is 0.254 e. The highest BCUT2D eigenvalue weighted by Gasteiger charge is 2.21. The molecular weight excluding hydrogens is 394 g/mol. The van der Waals surface area contributed by atoms with Gasteiger partial charge >= 0.3 is 0 Å². The molecule has 0 atom stereocenters. The van der Waals surface area contributed by atoms with Crippen LogP contribution in [0.4, 0.5) is 11.6 Å². The number of imidazole rings is 1. The fraction of sp³-hybridized carbons (Fsp3) is 0.364. The molecule has 4 rings (SSSR count). The lowest BCUT2D eigenvalue weighted by Crippen LogP contribution is -2.18. The lowest BCUT2D eigenvalue weighted by Gasteiger charge is -2.19. The second kappa shape index (κ2) is 8.73. The van der Waals surface area contributed by atoms with Crippen LogP contribution in [0.3, 0.4) is 0 Å². The molecule has 0 saturated carbocycles. The number of methoxy groups -OCH3 is 1. The van der Waals surface area contributed by atoms with E-state index in [1.807, 2.05) is 42.8 Å². The molecule has 0 fully saturated rings. The average molecular weight is 426 g/mol. The molecule has 166 valence electrons. The van der Waals surface area contributed by atoms with Crippen LogP contribution in [0, 0.1) is 13.8 Å². The minimum atomic E-state index is -0.0787. The summed E-state index contributed by atoms with van der Waals surface area (Å²) < 4.78 is 9.31. The Kier molecular flexibility index (Phi) is 6.26. The lowest BCUT2D eigenvalue weighted by molar-refractivity contribution is 0.399. The van der Waals surface area contributed by atoms with Gasteiger partial charge in [0.05, 0.1) is 30.5 Å². The lowest BCUT2D eigenvalue weighted by atomic mass is 9.91. The van der Waals surface area contributed by atoms with Gasteiger partial charge in [0, 0.05) is 37.6 Å². The molecule has 0 bridgehead atoms. The monoisotopic (exact) mass is 425 g/mol. The molecule has 0 aliphatic rings. The minimum absolute atomic E-state index is 0. The number of nitrogens with zero attached hydrogens (tertiary/aromatic N) is 6. The number of aliphatic hydroxyl groups excluding tert-OH is 1. The molecule has 3 aromatic heterocycles. The molecule has 0 saturated heterocycles. The standard InChI is InChI=1S/C21H25N7O.CH4O.H2/c1-13-9-18(21(3,4)5)28-20(23-13)25-19(26-28)24-15-7-8-16(17(10-15)29-6)27-11-14(2)22-12-27;1-2;/h7-12H,1-6H3,(H,24,26);2H,1H3;1H. The third-order valence-electron chi connectivity index (χ3n) is 4.63. The number of fused-ring (bicyclic) bond motifs is 1. The summed E-state index contributed by atoms with van der Waals surface area (Å²) in [5, 5.41) is 14.9. The number of aryl methyl sites for hydroxylation is 2. The molecule has 0 amide bonds. The summed E-state index contributed by atoms with van der Waals surface area (Å²) in [6.07, 6.45) is 3.72. The van der Waals surface area contributed by atoms with Crippen LogP contribution in [0.5, 0.6) is 5.75 Å². The first-order valence-corrected chi connectivity index (χ1v) is 9.90. The SMILES string of the molecule is CO.COc1cc(Nc2nc3nc(C)cc(C(C)(C)C)n3n2)ccc1-n1cnc(C)c1.[HH]. The highest BCUT2D eigenvalue weighted by atomic mass is 16.5. The van der Waals surface area contributed by atoms with Crippen molar-refractivity contribution in [2.75, 3.05) is 19.5 Å². The van der Waals surface area contributed by atoms with Gasteiger partial charge in [-0.15, -0.1) is 5.10 Å². The van der Waals surface area contributed by atoms with Gasteiger partial charge in [-0.3, -0.25) is 0 Å². The normalized spacial score (nSPS) is 11.2. The number of benzene rings is 1. The summed E-state index contributed by atoms with van der Waals surface area (Å²) in [6, 6.07) is 7.90. The number of anilines is 2. The van der Waals surface area contributed by atoms with E-state index >= 15 is 0 Å². The highest BCUT2D eigenvalue weighted by Crippen LogP contribution is 2.29. The molecule has 3 heterocycles. The van der Waals surface area contributed by atoms with Gasteiger partial charge in [-0.05, 0) is 32.0 Å². The molecule has 0 aliphatic heterocycles. The van der Waals surface area contributed by atoms with E-state index in [9.17, 15) is 0 Å². The fourth-order valence-corrected chi connectivity index (χ4v) is 3.22. The molecule has 31 heavy (non-hydrogen) atoms. The number of hydrogen-bond donors (Lipinski definition) is 2. The number of hydrogen-bond acceptors (Lipinski definition) is 7. The van der Waals surface area contributed by atoms with Crippen LogP contribution in [-0.4, -0.2) is 48.5 Å². The minimum Gasteiger partial charge on any atom is -0.494 e. The van der Waals surface area contributed by atoms with Crippen LogP contribution in [0.1, 0.15) is 39.3 Å². The molecule has 0 aliphatic carbocycles. The van der Waals surface area contributed by atoms with E-state index in [0.717, 1.165) is 41.3 Å². The van der Waals surface area contributed by atoms with E-state index in [1.54, 1.807) is 18.0 Å². The smallest absolute Gasteiger partial charge is 0.254 e. The molecule has 0 radical (unpaired) electrons. The Morgan fingerprint density at radius 1 is 1.06 bits per heavy atom. The summed E-state index contributed by atoms with van der Waals surface area (Å²) >= 11 is 0. The van der Waals surface area contributed by atoms with Crippen LogP contribution in [-0.2, 0) is 5.41 Å². The second-order valence-electron chi connectivity index (χ2n) is 8.11. The van der Waals surface area contributed by atoms with Crippen LogP contribution in [0.2, 0.25) is 0 Å². The van der Waals surface area contributed by atoms with E-state index in [1.165, 1.54) is 0 Å². The third-order valence-corrected chi connectivity index (χ3v) is 4.63. The molecule has 0 unspecified atom stereocenters. The Labute approximate surface area is 183 Å². The zero-order chi connectivity index (χ0) is 22.8. The van der Waals surface area contributed by atoms with E-state index in [4.69, 9.17) is 9.84 Å². The predicted molar refractivity (Wildman–Crippen MR) is 123 cm³/mol. The Bertz CT molecular complexity index is 1190. The zero-order valence-electron chi connectivity index (χ0n) is 19.0. The fourth-order valence-electron chi connectivity index (χ4n) is 3.22. The summed E-state index contributed by atoms with van der Waals surface area (Å²) in [6.45, 7) is 10.4. The number of ether oxygens (including phenoxy) is 1. The van der Waals surface area contributed by atoms with Crippen LogP contribution < -0.4 is 10.1 Å². The van der Waals surface area contributed by atoms with Crippen LogP contribution in [0.15, 0.2) is 36.8 Å². The predicted octanol–water partition coefficient (Wildman–Crippen LogP) is 3.83. The van der Waals surface area contributed by atoms with Crippen molar-refractivity contribution in [2.45, 2.75) is 40.0 Å². The second-order valence-corrected chi connectivity index (χ2v) is 8.11. The average Bonchev–Trinajstić information content (AvgIpc) is 3.33. The molecule has 4 aromatic rings. The summed E-state index contributed by atoms with van der Waals surface area (Å²) in [4.78, 5) is 13.4. The van der Waals surface area contributed by atoms with E-state index in [2.05, 4.69) is 52.2 Å². The zero-order valence-corrected chi connectivity index (χ0v) is 19.0. The van der Waals surface area contributed by atoms with E-state index < -0.39 is 0 Å². The number of aromatic nitrogens is 6. The van der Waals surface area contributed by atoms with Gasteiger partial charge in [-0.1, -0.05) is 20.8 Å². The Balaban J connectivity index is 0.00000118. The van der Waals surface area contributed by atoms with Crippen LogP contribution >= 0.6 is 0 Å². The quantitative estimate of drug-likeness (QED) is 0.512. The van der Waals surface area contributed by atoms with Crippen molar-refractivity contribution in [3.8, 4) is 11.4 Å². The first-order chi connectivity index (χ1) is 14.7. The van der Waals surface area contributed by atoms with Gasteiger partial charge in [-0.25, -0.2) is 9.97 Å². The van der Waals surface area contributed by atoms with Gasteiger partial charge in [-0.2, -0.15) is 9.50 Å². The van der Waals surface area contributed by atoms with Gasteiger partial charge in [0.25, 0.3) is 5.78 Å². The maximum atomic E-state index is 7.00. The van der Waals surface area contributed by atoms with Crippen molar-refractivity contribution < 1.29 is 11.3 Å². The molecule has 0 spiro atoms. The molecule has 9 nitrogen and oxygen atoms in total. The van der Waals surface area contributed by atoms with Gasteiger partial charge in [0.2, 0.25) is 5.95 Å². The van der Waals surface area contributed by atoms with Gasteiger partial charge in [0.15, 0.2) is 0 Å². The summed E-state index contributed by atoms with van der Waals surface area (Å²) in [7, 11) is 2.65. The van der Waals surface area contributed by atoms with Crippen molar-refractivity contribution in [2.24, 2.45) is 0 Å². The number of nitrogens with one attached hydrogen (secondary N) is 1. The largest absolute Gasteiger partial charge is 0.494 e. The highest BCUT2D eigenvalue weighted by molar-refractivity contribution is 5.62. The third kappa shape index (κ3) is 4.66. The van der Waals surface area contributed by atoms with Crippen molar-refractivity contribution >= 4 is 17.4 Å². The molecule has 2 N–H and O–H groups in total. The first kappa shape index (κ1) is 22.2. The number of aliphatic hydroxyl groups is 1. The van der Waals surface area contributed by atoms with Gasteiger partial charge in [0.1, 0.15) is 5.75 Å². The van der Waals surface area contributed by atoms with Crippen molar-refractivity contribution in [1.82, 2.24) is 29.1 Å². The van der Waals surface area contributed by atoms with E-state index in [-0.39, 0.29) is 6.84 Å². The van der Waals surface area contributed by atoms with Crippen molar-refractivity contribution in [3.63, 3.8) is 0 Å². The summed E-state index contributed by atoms with van der Waals surface area (Å²) in [5.74, 6) is 1.79. The molecular formula is C22H31N7O2. The Morgan fingerprint density at radius 3 is 2.42 bits per heavy atom.